The first-order chi connectivity index (χ1) is 9.22. The van der Waals surface area contributed by atoms with E-state index in [1.54, 1.807) is 12.4 Å². The minimum atomic E-state index is -0.233. The Kier molecular flexibility index (Phi) is 9.28. The van der Waals surface area contributed by atoms with Gasteiger partial charge >= 0.3 is 0 Å². The standard InChI is InChI=1S/C13H15N3O2S.2ClH/c14-6-8-16-12(17)11(19-13(16)18)5-1-3-10-4-2-7-15-9-10;;/h2,4-5,7,9H,1,3,6,8,14H2;2*1H/b11-5-;;. The van der Waals surface area contributed by atoms with E-state index in [-0.39, 0.29) is 42.5 Å². The molecule has 5 nitrogen and oxygen atoms in total. The number of amides is 2. The van der Waals surface area contributed by atoms with Crippen molar-refractivity contribution in [1.82, 2.24) is 9.88 Å². The fraction of sp³-hybridized carbons (Fsp3) is 0.308. The van der Waals surface area contributed by atoms with Gasteiger partial charge in [-0.05, 0) is 36.2 Å². The molecule has 2 rings (SSSR count). The summed E-state index contributed by atoms with van der Waals surface area (Å²) in [5, 5.41) is -0.233. The van der Waals surface area contributed by atoms with Crippen LogP contribution in [0.2, 0.25) is 0 Å². The van der Waals surface area contributed by atoms with Gasteiger partial charge in [-0.1, -0.05) is 12.1 Å². The third kappa shape index (κ3) is 5.32. The van der Waals surface area contributed by atoms with Crippen molar-refractivity contribution < 1.29 is 9.59 Å². The Bertz CT molecular complexity index is 511. The summed E-state index contributed by atoms with van der Waals surface area (Å²) in [5.41, 5.74) is 6.48. The first-order valence-electron chi connectivity index (χ1n) is 6.05. The van der Waals surface area contributed by atoms with Crippen molar-refractivity contribution in [3.63, 3.8) is 0 Å². The van der Waals surface area contributed by atoms with Crippen LogP contribution in [0, 0.1) is 0 Å². The summed E-state index contributed by atoms with van der Waals surface area (Å²) in [6.45, 7) is 0.575. The van der Waals surface area contributed by atoms with E-state index in [2.05, 4.69) is 4.98 Å². The zero-order valence-electron chi connectivity index (χ0n) is 11.2. The van der Waals surface area contributed by atoms with Gasteiger partial charge in [-0.25, -0.2) is 0 Å². The van der Waals surface area contributed by atoms with Crippen molar-refractivity contribution in [3.8, 4) is 0 Å². The van der Waals surface area contributed by atoms with Crippen molar-refractivity contribution in [2.24, 2.45) is 5.73 Å². The predicted molar refractivity (Wildman–Crippen MR) is 88.9 cm³/mol. The van der Waals surface area contributed by atoms with E-state index in [0.29, 0.717) is 17.9 Å². The molecular formula is C13H17Cl2N3O2S. The summed E-state index contributed by atoms with van der Waals surface area (Å²) >= 11 is 0.984. The van der Waals surface area contributed by atoms with Crippen LogP contribution in [0.3, 0.4) is 0 Å². The lowest BCUT2D eigenvalue weighted by molar-refractivity contribution is -0.122. The lowest BCUT2D eigenvalue weighted by Crippen LogP contribution is -2.33. The van der Waals surface area contributed by atoms with Crippen LogP contribution in [-0.4, -0.2) is 34.1 Å². The normalized spacial score (nSPS) is 15.9. The van der Waals surface area contributed by atoms with Crippen LogP contribution in [0.25, 0.3) is 0 Å². The SMILES string of the molecule is Cl.Cl.NCCN1C(=O)S/C(=C\CCc2cccnc2)C1=O. The summed E-state index contributed by atoms with van der Waals surface area (Å²) in [6.07, 6.45) is 6.85. The molecule has 21 heavy (non-hydrogen) atoms. The van der Waals surface area contributed by atoms with Crippen LogP contribution >= 0.6 is 36.6 Å². The van der Waals surface area contributed by atoms with Gasteiger partial charge in [-0.15, -0.1) is 24.8 Å². The third-order valence-corrected chi connectivity index (χ3v) is 3.67. The molecule has 116 valence electrons. The van der Waals surface area contributed by atoms with Gasteiger partial charge in [0.15, 0.2) is 0 Å². The van der Waals surface area contributed by atoms with Gasteiger partial charge < -0.3 is 5.73 Å². The highest BCUT2D eigenvalue weighted by atomic mass is 35.5. The van der Waals surface area contributed by atoms with Gasteiger partial charge in [0.05, 0.1) is 4.91 Å². The number of thioether (sulfide) groups is 1. The average Bonchev–Trinajstić information content (AvgIpc) is 2.68. The summed E-state index contributed by atoms with van der Waals surface area (Å²) in [5.74, 6) is -0.230. The van der Waals surface area contributed by atoms with E-state index in [1.165, 1.54) is 4.90 Å². The number of hydrogen-bond donors (Lipinski definition) is 1. The molecule has 0 bridgehead atoms. The number of carbonyl (C=O) groups is 2. The highest BCUT2D eigenvalue weighted by molar-refractivity contribution is 8.18. The summed E-state index contributed by atoms with van der Waals surface area (Å²) in [7, 11) is 0. The predicted octanol–water partition coefficient (Wildman–Crippen LogP) is 2.40. The number of aryl methyl sites for hydroxylation is 1. The number of hydrogen-bond acceptors (Lipinski definition) is 5. The topological polar surface area (TPSA) is 76.3 Å². The summed E-state index contributed by atoms with van der Waals surface area (Å²) < 4.78 is 0. The molecule has 1 aromatic heterocycles. The minimum Gasteiger partial charge on any atom is -0.329 e. The van der Waals surface area contributed by atoms with Crippen molar-refractivity contribution >= 4 is 47.7 Å². The van der Waals surface area contributed by atoms with E-state index < -0.39 is 0 Å². The zero-order valence-corrected chi connectivity index (χ0v) is 13.7. The third-order valence-electron chi connectivity index (χ3n) is 2.71. The highest BCUT2D eigenvalue weighted by Gasteiger charge is 2.33. The molecule has 1 aliphatic rings. The second kappa shape index (κ2) is 9.78. The maximum atomic E-state index is 11.9. The van der Waals surface area contributed by atoms with Gasteiger partial charge in [0.1, 0.15) is 0 Å². The van der Waals surface area contributed by atoms with Crippen LogP contribution in [0.4, 0.5) is 4.79 Å². The van der Waals surface area contributed by atoms with Crippen LogP contribution < -0.4 is 5.73 Å². The molecule has 0 atom stereocenters. The molecule has 0 unspecified atom stereocenters. The first-order valence-corrected chi connectivity index (χ1v) is 6.87. The van der Waals surface area contributed by atoms with E-state index in [0.717, 1.165) is 23.7 Å². The molecule has 0 aliphatic carbocycles. The quantitative estimate of drug-likeness (QED) is 0.826. The second-order valence-electron chi connectivity index (χ2n) is 4.08. The number of nitrogens with zero attached hydrogens (tertiary/aromatic N) is 2. The number of aromatic nitrogens is 1. The average molecular weight is 350 g/mol. The molecule has 2 amide bonds. The monoisotopic (exact) mass is 349 g/mol. The van der Waals surface area contributed by atoms with Crippen molar-refractivity contribution in [2.75, 3.05) is 13.1 Å². The Morgan fingerprint density at radius 3 is 2.71 bits per heavy atom. The zero-order chi connectivity index (χ0) is 13.7. The molecular weight excluding hydrogens is 333 g/mol. The number of rotatable bonds is 5. The highest BCUT2D eigenvalue weighted by Crippen LogP contribution is 2.30. The fourth-order valence-corrected chi connectivity index (χ4v) is 2.65. The number of nitrogens with two attached hydrogens (primary N) is 1. The molecule has 0 spiro atoms. The van der Waals surface area contributed by atoms with E-state index >= 15 is 0 Å². The summed E-state index contributed by atoms with van der Waals surface area (Å²) in [6, 6.07) is 3.87. The number of allylic oxidation sites excluding steroid dienone is 1. The van der Waals surface area contributed by atoms with Crippen LogP contribution in [-0.2, 0) is 11.2 Å². The van der Waals surface area contributed by atoms with Gasteiger partial charge in [0.2, 0.25) is 0 Å². The second-order valence-corrected chi connectivity index (χ2v) is 5.07. The van der Waals surface area contributed by atoms with Gasteiger partial charge in [-0.3, -0.25) is 19.5 Å². The molecule has 8 heteroatoms. The minimum absolute atomic E-state index is 0. The number of imide groups is 1. The molecule has 0 saturated carbocycles. The Morgan fingerprint density at radius 2 is 2.10 bits per heavy atom. The van der Waals surface area contributed by atoms with Crippen LogP contribution in [0.5, 0.6) is 0 Å². The first kappa shape index (κ1) is 19.9. The van der Waals surface area contributed by atoms with Gasteiger partial charge in [-0.2, -0.15) is 0 Å². The molecule has 1 aromatic rings. The van der Waals surface area contributed by atoms with E-state index in [9.17, 15) is 9.59 Å². The lowest BCUT2D eigenvalue weighted by Gasteiger charge is -2.09. The van der Waals surface area contributed by atoms with Crippen molar-refractivity contribution in [1.29, 1.82) is 0 Å². The number of halogens is 2. The molecule has 1 fully saturated rings. The molecule has 0 aromatic carbocycles. The Labute approximate surface area is 140 Å². The Hall–Kier alpha value is -1.08. The number of pyridine rings is 1. The largest absolute Gasteiger partial charge is 0.329 e. The Morgan fingerprint density at radius 1 is 1.33 bits per heavy atom. The van der Waals surface area contributed by atoms with Gasteiger partial charge in [0, 0.05) is 25.5 Å². The van der Waals surface area contributed by atoms with Crippen molar-refractivity contribution in [3.05, 3.63) is 41.1 Å². The molecule has 2 N–H and O–H groups in total. The molecule has 0 radical (unpaired) electrons. The van der Waals surface area contributed by atoms with E-state index in [1.807, 2.05) is 18.2 Å². The summed E-state index contributed by atoms with van der Waals surface area (Å²) in [4.78, 5) is 29.2. The molecule has 1 saturated heterocycles. The number of carbonyl (C=O) groups excluding carboxylic acids is 2. The maximum absolute atomic E-state index is 11.9. The Balaban J connectivity index is 0.00000200. The smallest absolute Gasteiger partial charge is 0.293 e. The van der Waals surface area contributed by atoms with Crippen LogP contribution in [0.1, 0.15) is 12.0 Å². The lowest BCUT2D eigenvalue weighted by atomic mass is 10.1. The van der Waals surface area contributed by atoms with Gasteiger partial charge in [0.25, 0.3) is 11.1 Å². The van der Waals surface area contributed by atoms with E-state index in [4.69, 9.17) is 5.73 Å². The molecule has 2 heterocycles. The van der Waals surface area contributed by atoms with Crippen molar-refractivity contribution in [2.45, 2.75) is 12.8 Å². The maximum Gasteiger partial charge on any atom is 0.293 e. The molecule has 1 aliphatic heterocycles. The fourth-order valence-electron chi connectivity index (χ4n) is 1.78. The van der Waals surface area contributed by atoms with Crippen LogP contribution in [0.15, 0.2) is 35.5 Å².